The highest BCUT2D eigenvalue weighted by molar-refractivity contribution is 6.42. The van der Waals surface area contributed by atoms with E-state index in [-0.39, 0.29) is 0 Å². The molecular weight excluding hydrogens is 282 g/mol. The van der Waals surface area contributed by atoms with Crippen molar-refractivity contribution in [3.8, 4) is 5.75 Å². The smallest absolute Gasteiger partial charge is 0.151 e. The Balaban J connectivity index is 2.02. The summed E-state index contributed by atoms with van der Waals surface area (Å²) in [7, 11) is 0. The van der Waals surface area contributed by atoms with Crippen molar-refractivity contribution in [1.29, 1.82) is 0 Å². The Morgan fingerprint density at radius 2 is 1.76 bits per heavy atom. The SMILES string of the molecule is Clc1ccc(COc2ccc(Cl)c(Cl)c2)nn1. The van der Waals surface area contributed by atoms with Crippen LogP contribution in [0.3, 0.4) is 0 Å². The van der Waals surface area contributed by atoms with Gasteiger partial charge in [0.15, 0.2) is 5.15 Å². The van der Waals surface area contributed by atoms with E-state index < -0.39 is 0 Å². The Labute approximate surface area is 113 Å². The highest BCUT2D eigenvalue weighted by Crippen LogP contribution is 2.26. The highest BCUT2D eigenvalue weighted by atomic mass is 35.5. The average Bonchev–Trinajstić information content (AvgIpc) is 2.33. The number of halogens is 3. The Morgan fingerprint density at radius 1 is 0.941 bits per heavy atom. The maximum atomic E-state index is 5.86. The van der Waals surface area contributed by atoms with Crippen LogP contribution in [-0.4, -0.2) is 10.2 Å². The molecule has 0 aliphatic heterocycles. The summed E-state index contributed by atoms with van der Waals surface area (Å²) < 4.78 is 5.48. The second-order valence-electron chi connectivity index (χ2n) is 3.21. The van der Waals surface area contributed by atoms with Gasteiger partial charge in [-0.15, -0.1) is 5.10 Å². The number of aromatic nitrogens is 2. The van der Waals surface area contributed by atoms with Gasteiger partial charge in [0.2, 0.25) is 0 Å². The summed E-state index contributed by atoms with van der Waals surface area (Å²) in [4.78, 5) is 0. The number of hydrogen-bond donors (Lipinski definition) is 0. The first-order valence-corrected chi connectivity index (χ1v) is 5.84. The largest absolute Gasteiger partial charge is 0.487 e. The van der Waals surface area contributed by atoms with Gasteiger partial charge < -0.3 is 4.74 Å². The lowest BCUT2D eigenvalue weighted by Crippen LogP contribution is -1.99. The van der Waals surface area contributed by atoms with E-state index in [1.165, 1.54) is 0 Å². The van der Waals surface area contributed by atoms with E-state index in [2.05, 4.69) is 10.2 Å². The molecule has 1 heterocycles. The van der Waals surface area contributed by atoms with Crippen molar-refractivity contribution in [3.05, 3.63) is 51.2 Å². The van der Waals surface area contributed by atoms with E-state index in [9.17, 15) is 0 Å². The Hall–Kier alpha value is -1.03. The molecule has 0 N–H and O–H groups in total. The van der Waals surface area contributed by atoms with Crippen LogP contribution in [0.4, 0.5) is 0 Å². The monoisotopic (exact) mass is 288 g/mol. The average molecular weight is 290 g/mol. The van der Waals surface area contributed by atoms with Crippen LogP contribution in [0.2, 0.25) is 15.2 Å². The van der Waals surface area contributed by atoms with Gasteiger partial charge in [0.25, 0.3) is 0 Å². The Kier molecular flexibility index (Phi) is 4.05. The standard InChI is InChI=1S/C11H7Cl3N2O/c12-9-3-2-8(5-10(9)13)17-6-7-1-4-11(14)16-15-7/h1-5H,6H2. The summed E-state index contributed by atoms with van der Waals surface area (Å²) in [5.41, 5.74) is 0.681. The summed E-state index contributed by atoms with van der Waals surface area (Å²) in [6, 6.07) is 8.45. The van der Waals surface area contributed by atoms with Crippen molar-refractivity contribution in [2.24, 2.45) is 0 Å². The second kappa shape index (κ2) is 5.54. The van der Waals surface area contributed by atoms with Crippen LogP contribution < -0.4 is 4.74 Å². The molecule has 1 aromatic heterocycles. The molecule has 0 aliphatic rings. The zero-order valence-electron chi connectivity index (χ0n) is 8.53. The minimum atomic E-state index is 0.294. The van der Waals surface area contributed by atoms with Crippen LogP contribution in [0.15, 0.2) is 30.3 Å². The normalized spacial score (nSPS) is 10.3. The molecule has 0 radical (unpaired) electrons. The molecule has 17 heavy (non-hydrogen) atoms. The number of rotatable bonds is 3. The molecule has 0 amide bonds. The topological polar surface area (TPSA) is 35.0 Å². The first-order valence-electron chi connectivity index (χ1n) is 4.71. The van der Waals surface area contributed by atoms with Gasteiger partial charge in [-0.1, -0.05) is 34.8 Å². The summed E-state index contributed by atoms with van der Waals surface area (Å²) in [6.07, 6.45) is 0. The first kappa shape index (κ1) is 12.4. The van der Waals surface area contributed by atoms with Crippen LogP contribution in [0, 0.1) is 0 Å². The molecule has 0 fully saturated rings. The van der Waals surface area contributed by atoms with Crippen molar-refractivity contribution in [3.63, 3.8) is 0 Å². The van der Waals surface area contributed by atoms with Crippen LogP contribution in [0.1, 0.15) is 5.69 Å². The summed E-state index contributed by atoms with van der Waals surface area (Å²) in [5.74, 6) is 0.621. The lowest BCUT2D eigenvalue weighted by Gasteiger charge is -2.06. The molecule has 0 saturated heterocycles. The summed E-state index contributed by atoms with van der Waals surface area (Å²) >= 11 is 17.3. The molecular formula is C11H7Cl3N2O. The molecule has 1 aromatic carbocycles. The van der Waals surface area contributed by atoms with Gasteiger partial charge in [-0.3, -0.25) is 0 Å². The predicted molar refractivity (Wildman–Crippen MR) is 67.8 cm³/mol. The predicted octanol–water partition coefficient (Wildman–Crippen LogP) is 4.02. The van der Waals surface area contributed by atoms with Crippen molar-refractivity contribution in [2.45, 2.75) is 6.61 Å². The van der Waals surface area contributed by atoms with Crippen molar-refractivity contribution in [2.75, 3.05) is 0 Å². The lowest BCUT2D eigenvalue weighted by atomic mass is 10.3. The highest BCUT2D eigenvalue weighted by Gasteiger charge is 2.02. The molecule has 0 unspecified atom stereocenters. The minimum Gasteiger partial charge on any atom is -0.487 e. The molecule has 6 heteroatoms. The van der Waals surface area contributed by atoms with Gasteiger partial charge in [0.1, 0.15) is 18.1 Å². The van der Waals surface area contributed by atoms with Gasteiger partial charge in [0, 0.05) is 6.07 Å². The van der Waals surface area contributed by atoms with Crippen LogP contribution in [-0.2, 0) is 6.61 Å². The molecule has 88 valence electrons. The Bertz CT molecular complexity index is 517. The fraction of sp³-hybridized carbons (Fsp3) is 0.0909. The lowest BCUT2D eigenvalue weighted by molar-refractivity contribution is 0.300. The number of ether oxygens (including phenoxy) is 1. The Morgan fingerprint density at radius 3 is 2.41 bits per heavy atom. The molecule has 2 aromatic rings. The maximum absolute atomic E-state index is 5.86. The van der Waals surface area contributed by atoms with Crippen LogP contribution in [0.25, 0.3) is 0 Å². The van der Waals surface area contributed by atoms with Gasteiger partial charge >= 0.3 is 0 Å². The van der Waals surface area contributed by atoms with E-state index in [4.69, 9.17) is 39.5 Å². The van der Waals surface area contributed by atoms with Crippen LogP contribution in [0.5, 0.6) is 5.75 Å². The van der Waals surface area contributed by atoms with E-state index in [0.29, 0.717) is 33.2 Å². The molecule has 0 saturated carbocycles. The second-order valence-corrected chi connectivity index (χ2v) is 4.41. The third-order valence-electron chi connectivity index (χ3n) is 1.97. The molecule has 0 atom stereocenters. The first-order chi connectivity index (χ1) is 8.15. The number of benzene rings is 1. The molecule has 2 rings (SSSR count). The fourth-order valence-corrected chi connectivity index (χ4v) is 1.53. The van der Waals surface area contributed by atoms with Crippen molar-refractivity contribution < 1.29 is 4.74 Å². The fourth-order valence-electron chi connectivity index (χ4n) is 1.14. The van der Waals surface area contributed by atoms with Gasteiger partial charge in [-0.05, 0) is 24.3 Å². The third-order valence-corrected chi connectivity index (χ3v) is 2.91. The molecule has 0 spiro atoms. The quantitative estimate of drug-likeness (QED) is 0.856. The number of hydrogen-bond acceptors (Lipinski definition) is 3. The summed E-state index contributed by atoms with van der Waals surface area (Å²) in [6.45, 7) is 0.294. The van der Waals surface area contributed by atoms with E-state index in [1.54, 1.807) is 30.3 Å². The zero-order valence-corrected chi connectivity index (χ0v) is 10.8. The third kappa shape index (κ3) is 3.46. The maximum Gasteiger partial charge on any atom is 0.151 e. The molecule has 0 bridgehead atoms. The van der Waals surface area contributed by atoms with E-state index in [1.807, 2.05) is 0 Å². The van der Waals surface area contributed by atoms with Gasteiger partial charge in [-0.25, -0.2) is 0 Å². The van der Waals surface area contributed by atoms with Gasteiger partial charge in [-0.2, -0.15) is 5.10 Å². The summed E-state index contributed by atoms with van der Waals surface area (Å²) in [5, 5.41) is 8.87. The van der Waals surface area contributed by atoms with E-state index in [0.717, 1.165) is 0 Å². The molecule has 3 nitrogen and oxygen atoms in total. The van der Waals surface area contributed by atoms with Gasteiger partial charge in [0.05, 0.1) is 10.0 Å². The van der Waals surface area contributed by atoms with Crippen LogP contribution >= 0.6 is 34.8 Å². The number of nitrogens with zero attached hydrogens (tertiary/aromatic N) is 2. The zero-order chi connectivity index (χ0) is 12.3. The van der Waals surface area contributed by atoms with Crippen molar-refractivity contribution in [1.82, 2.24) is 10.2 Å². The molecule has 0 aliphatic carbocycles. The van der Waals surface area contributed by atoms with E-state index >= 15 is 0 Å². The van der Waals surface area contributed by atoms with Crippen molar-refractivity contribution >= 4 is 34.8 Å². The minimum absolute atomic E-state index is 0.294.